The SMILES string of the molecule is Cc1ccc([C@@H](C(=O)Nc2cc(C(C)(CC(=O)O)C3CC3)ccc2Cl)[C@@H](C)C(F)(F)F)cc1. The molecule has 1 aliphatic carbocycles. The number of amides is 1. The maximum Gasteiger partial charge on any atom is 0.392 e. The molecule has 3 rings (SSSR count). The van der Waals surface area contributed by atoms with Crippen molar-refractivity contribution in [2.45, 2.75) is 57.5 Å². The van der Waals surface area contributed by atoms with E-state index in [9.17, 15) is 27.9 Å². The molecule has 33 heavy (non-hydrogen) atoms. The lowest BCUT2D eigenvalue weighted by Gasteiger charge is -2.30. The molecule has 0 radical (unpaired) electrons. The zero-order valence-corrected chi connectivity index (χ0v) is 19.4. The van der Waals surface area contributed by atoms with Crippen LogP contribution in [0, 0.1) is 18.8 Å². The minimum atomic E-state index is -4.58. The van der Waals surface area contributed by atoms with Gasteiger partial charge < -0.3 is 10.4 Å². The minimum Gasteiger partial charge on any atom is -0.481 e. The highest BCUT2D eigenvalue weighted by Crippen LogP contribution is 2.50. The molecule has 0 aliphatic heterocycles. The lowest BCUT2D eigenvalue weighted by Crippen LogP contribution is -2.34. The summed E-state index contributed by atoms with van der Waals surface area (Å²) < 4.78 is 40.9. The maximum atomic E-state index is 13.6. The molecule has 0 aromatic heterocycles. The van der Waals surface area contributed by atoms with E-state index in [0.717, 1.165) is 25.3 Å². The fraction of sp³-hybridized carbons (Fsp3) is 0.440. The van der Waals surface area contributed by atoms with E-state index >= 15 is 0 Å². The molecule has 2 aromatic rings. The number of carbonyl (C=O) groups excluding carboxylic acids is 1. The highest BCUT2D eigenvalue weighted by molar-refractivity contribution is 6.33. The Bertz CT molecular complexity index is 1030. The first-order valence-corrected chi connectivity index (χ1v) is 11.2. The molecule has 8 heteroatoms. The zero-order valence-electron chi connectivity index (χ0n) is 18.7. The number of alkyl halides is 3. The van der Waals surface area contributed by atoms with E-state index in [2.05, 4.69) is 5.32 Å². The van der Waals surface area contributed by atoms with Crippen molar-refractivity contribution >= 4 is 29.2 Å². The van der Waals surface area contributed by atoms with Crippen LogP contribution in [0.15, 0.2) is 42.5 Å². The number of aliphatic carboxylic acids is 1. The highest BCUT2D eigenvalue weighted by atomic mass is 35.5. The van der Waals surface area contributed by atoms with Crippen LogP contribution in [0.2, 0.25) is 5.02 Å². The number of carboxylic acids is 1. The standard InChI is InChI=1S/C25H27ClF3NO3/c1-14-4-6-16(7-5-14)22(15(2)25(27,28)29)23(33)30-20-12-18(10-11-19(20)26)24(3,13-21(31)32)17-8-9-17/h4-7,10-12,15,17,22H,8-9,13H2,1-3H3,(H,30,33)(H,31,32)/t15-,22+,24?/m1/s1. The van der Waals surface area contributed by atoms with Crippen molar-refractivity contribution in [3.63, 3.8) is 0 Å². The smallest absolute Gasteiger partial charge is 0.392 e. The Morgan fingerprint density at radius 3 is 2.27 bits per heavy atom. The zero-order chi connectivity index (χ0) is 24.6. The van der Waals surface area contributed by atoms with Gasteiger partial charge in [0.1, 0.15) is 0 Å². The van der Waals surface area contributed by atoms with Crippen molar-refractivity contribution in [1.29, 1.82) is 0 Å². The molecule has 4 nitrogen and oxygen atoms in total. The molecule has 1 unspecified atom stereocenters. The number of hydrogen-bond donors (Lipinski definition) is 2. The van der Waals surface area contributed by atoms with Crippen LogP contribution in [0.3, 0.4) is 0 Å². The number of hydrogen-bond acceptors (Lipinski definition) is 2. The first-order chi connectivity index (χ1) is 15.3. The van der Waals surface area contributed by atoms with E-state index in [1.165, 1.54) is 12.1 Å². The summed E-state index contributed by atoms with van der Waals surface area (Å²) in [6.07, 6.45) is -2.88. The fourth-order valence-electron chi connectivity index (χ4n) is 4.33. The predicted molar refractivity (Wildman–Crippen MR) is 122 cm³/mol. The van der Waals surface area contributed by atoms with Crippen LogP contribution in [0.1, 0.15) is 55.7 Å². The summed E-state index contributed by atoms with van der Waals surface area (Å²) in [6.45, 7) is 4.65. The van der Waals surface area contributed by atoms with Crippen molar-refractivity contribution in [3.05, 3.63) is 64.2 Å². The number of rotatable bonds is 8. The Morgan fingerprint density at radius 1 is 1.15 bits per heavy atom. The number of anilines is 1. The Kier molecular flexibility index (Phi) is 7.13. The molecule has 3 atom stereocenters. The largest absolute Gasteiger partial charge is 0.481 e. The lowest BCUT2D eigenvalue weighted by molar-refractivity contribution is -0.178. The Morgan fingerprint density at radius 2 is 1.76 bits per heavy atom. The molecular weight excluding hydrogens is 455 g/mol. The third-order valence-electron chi connectivity index (χ3n) is 6.62. The van der Waals surface area contributed by atoms with Gasteiger partial charge in [0.15, 0.2) is 0 Å². The van der Waals surface area contributed by atoms with E-state index in [-0.39, 0.29) is 28.6 Å². The Labute approximate surface area is 196 Å². The van der Waals surface area contributed by atoms with Crippen molar-refractivity contribution in [2.75, 3.05) is 5.32 Å². The summed E-state index contributed by atoms with van der Waals surface area (Å²) in [4.78, 5) is 24.6. The van der Waals surface area contributed by atoms with Crippen molar-refractivity contribution in [2.24, 2.45) is 11.8 Å². The summed E-state index contributed by atoms with van der Waals surface area (Å²) in [5, 5.41) is 12.2. The Hall–Kier alpha value is -2.54. The van der Waals surface area contributed by atoms with Crippen molar-refractivity contribution in [3.8, 4) is 0 Å². The summed E-state index contributed by atoms with van der Waals surface area (Å²) in [7, 11) is 0. The van der Waals surface area contributed by atoms with Crippen LogP contribution in [-0.2, 0) is 15.0 Å². The van der Waals surface area contributed by atoms with E-state index in [4.69, 9.17) is 11.6 Å². The topological polar surface area (TPSA) is 66.4 Å². The number of aryl methyl sites for hydroxylation is 1. The van der Waals surface area contributed by atoms with E-state index in [0.29, 0.717) is 5.56 Å². The maximum absolute atomic E-state index is 13.6. The van der Waals surface area contributed by atoms with E-state index < -0.39 is 35.3 Å². The molecular formula is C25H27ClF3NO3. The number of halogens is 4. The molecule has 0 spiro atoms. The monoisotopic (exact) mass is 481 g/mol. The van der Waals surface area contributed by atoms with Gasteiger partial charge in [-0.05, 0) is 48.9 Å². The predicted octanol–water partition coefficient (Wildman–Crippen LogP) is 6.71. The van der Waals surface area contributed by atoms with Gasteiger partial charge in [0.2, 0.25) is 5.91 Å². The average molecular weight is 482 g/mol. The third kappa shape index (κ3) is 5.69. The Balaban J connectivity index is 1.96. The average Bonchev–Trinajstić information content (AvgIpc) is 3.56. The molecule has 1 fully saturated rings. The van der Waals surface area contributed by atoms with Gasteiger partial charge in [-0.15, -0.1) is 0 Å². The summed E-state index contributed by atoms with van der Waals surface area (Å²) in [5.41, 5.74) is 1.31. The molecule has 2 N–H and O–H groups in total. The number of benzene rings is 2. The molecule has 1 aliphatic rings. The number of nitrogens with one attached hydrogen (secondary N) is 1. The molecule has 1 amide bonds. The highest BCUT2D eigenvalue weighted by Gasteiger charge is 2.46. The number of carbonyl (C=O) groups is 2. The van der Waals surface area contributed by atoms with Gasteiger partial charge >= 0.3 is 12.1 Å². The van der Waals surface area contributed by atoms with Gasteiger partial charge in [-0.1, -0.05) is 61.3 Å². The first-order valence-electron chi connectivity index (χ1n) is 10.8. The normalized spacial score (nSPS) is 17.7. The van der Waals surface area contributed by atoms with E-state index in [1.807, 2.05) is 13.8 Å². The fourth-order valence-corrected chi connectivity index (χ4v) is 4.50. The summed E-state index contributed by atoms with van der Waals surface area (Å²) in [6, 6.07) is 11.2. The molecule has 178 valence electrons. The minimum absolute atomic E-state index is 0.0935. The second kappa shape index (κ2) is 9.37. The van der Waals surface area contributed by atoms with Crippen LogP contribution in [-0.4, -0.2) is 23.2 Å². The van der Waals surface area contributed by atoms with Gasteiger partial charge in [0.25, 0.3) is 0 Å². The van der Waals surface area contributed by atoms with Crippen molar-refractivity contribution < 1.29 is 27.9 Å². The second-order valence-electron chi connectivity index (χ2n) is 9.16. The van der Waals surface area contributed by atoms with Crippen LogP contribution in [0.4, 0.5) is 18.9 Å². The molecule has 1 saturated carbocycles. The lowest BCUT2D eigenvalue weighted by atomic mass is 9.75. The van der Waals surface area contributed by atoms with Crippen LogP contribution in [0.5, 0.6) is 0 Å². The second-order valence-corrected chi connectivity index (χ2v) is 9.57. The molecule has 0 bridgehead atoms. The third-order valence-corrected chi connectivity index (χ3v) is 6.95. The summed E-state index contributed by atoms with van der Waals surface area (Å²) >= 11 is 6.28. The van der Waals surface area contributed by atoms with E-state index in [1.54, 1.807) is 30.3 Å². The van der Waals surface area contributed by atoms with Crippen LogP contribution < -0.4 is 5.32 Å². The first kappa shape index (κ1) is 25.1. The van der Waals surface area contributed by atoms with Crippen LogP contribution in [0.25, 0.3) is 0 Å². The van der Waals surface area contributed by atoms with Gasteiger partial charge in [-0.2, -0.15) is 13.2 Å². The molecule has 0 saturated heterocycles. The van der Waals surface area contributed by atoms with Gasteiger partial charge in [0, 0.05) is 5.41 Å². The summed E-state index contributed by atoms with van der Waals surface area (Å²) in [5.74, 6) is -4.98. The van der Waals surface area contributed by atoms with Gasteiger partial charge in [-0.3, -0.25) is 9.59 Å². The number of carboxylic acid groups (broad SMARTS) is 1. The quantitative estimate of drug-likeness (QED) is 0.440. The van der Waals surface area contributed by atoms with Gasteiger partial charge in [-0.25, -0.2) is 0 Å². The van der Waals surface area contributed by atoms with Gasteiger partial charge in [0.05, 0.1) is 29.0 Å². The molecule has 0 heterocycles. The van der Waals surface area contributed by atoms with Crippen LogP contribution >= 0.6 is 11.6 Å². The van der Waals surface area contributed by atoms with Crippen molar-refractivity contribution in [1.82, 2.24) is 0 Å². The molecule has 2 aromatic carbocycles.